The maximum absolute atomic E-state index is 11.8. The van der Waals surface area contributed by atoms with E-state index in [1.165, 1.54) is 17.1 Å². The Balaban J connectivity index is 2.17. The molecule has 1 saturated heterocycles. The Hall–Kier alpha value is -2.25. The predicted octanol–water partition coefficient (Wildman–Crippen LogP) is -1.79. The van der Waals surface area contributed by atoms with E-state index in [0.717, 1.165) is 0 Å². The summed E-state index contributed by atoms with van der Waals surface area (Å²) in [5.74, 6) is 0. The van der Waals surface area contributed by atoms with Gasteiger partial charge in [0.25, 0.3) is 5.56 Å². The third kappa shape index (κ3) is 1.93. The van der Waals surface area contributed by atoms with Crippen LogP contribution in [0.5, 0.6) is 0 Å². The summed E-state index contributed by atoms with van der Waals surface area (Å²) >= 11 is 0. The molecular formula is C12H12N4O5. The van der Waals surface area contributed by atoms with E-state index in [1.54, 1.807) is 0 Å². The maximum Gasteiger partial charge on any atom is 0.261 e. The van der Waals surface area contributed by atoms with Gasteiger partial charge < -0.3 is 29.6 Å². The summed E-state index contributed by atoms with van der Waals surface area (Å²) < 4.78 is 6.69. The van der Waals surface area contributed by atoms with Crippen LogP contribution in [-0.2, 0) is 4.74 Å². The minimum absolute atomic E-state index is 0.0806. The standard InChI is InChI=1S/C12H12N4O5/c13-1-5-2-16(10-7(5)11(20)15-4-14-10)12-9(19)8(18)6(3-17)21-12/h2,4,6,8-9,12,17-19H,3H2,(H,14,15,20)/t6-,8+,9+,12-/m0/s1. The number of H-pyrrole nitrogens is 1. The molecule has 9 nitrogen and oxygen atoms in total. The van der Waals surface area contributed by atoms with Crippen LogP contribution in [0.4, 0.5) is 0 Å². The van der Waals surface area contributed by atoms with Crippen LogP contribution in [0.1, 0.15) is 11.8 Å². The maximum atomic E-state index is 11.8. The molecule has 0 radical (unpaired) electrons. The van der Waals surface area contributed by atoms with Crippen molar-refractivity contribution in [1.82, 2.24) is 14.5 Å². The molecule has 110 valence electrons. The van der Waals surface area contributed by atoms with Crippen molar-refractivity contribution in [2.75, 3.05) is 6.61 Å². The second-order valence-corrected chi connectivity index (χ2v) is 4.72. The Bertz CT molecular complexity index is 776. The Morgan fingerprint density at radius 1 is 1.48 bits per heavy atom. The predicted molar refractivity (Wildman–Crippen MR) is 68.1 cm³/mol. The van der Waals surface area contributed by atoms with Crippen molar-refractivity contribution in [2.45, 2.75) is 24.5 Å². The van der Waals surface area contributed by atoms with E-state index < -0.39 is 36.7 Å². The van der Waals surface area contributed by atoms with Crippen LogP contribution < -0.4 is 5.56 Å². The van der Waals surface area contributed by atoms with E-state index in [1.807, 2.05) is 6.07 Å². The van der Waals surface area contributed by atoms with Crippen molar-refractivity contribution in [3.05, 3.63) is 28.4 Å². The van der Waals surface area contributed by atoms with Crippen molar-refractivity contribution >= 4 is 11.0 Å². The first-order valence-electron chi connectivity index (χ1n) is 6.19. The van der Waals surface area contributed by atoms with Gasteiger partial charge in [0, 0.05) is 6.20 Å². The number of aromatic nitrogens is 3. The van der Waals surface area contributed by atoms with Gasteiger partial charge in [0.05, 0.1) is 18.5 Å². The fourth-order valence-electron chi connectivity index (χ4n) is 2.48. The number of aliphatic hydroxyl groups excluding tert-OH is 3. The highest BCUT2D eigenvalue weighted by molar-refractivity contribution is 5.82. The minimum atomic E-state index is -1.31. The van der Waals surface area contributed by atoms with Crippen LogP contribution in [-0.4, -0.2) is 54.8 Å². The molecule has 0 unspecified atom stereocenters. The van der Waals surface area contributed by atoms with Crippen LogP contribution >= 0.6 is 0 Å². The first kappa shape index (κ1) is 13.7. The zero-order valence-electron chi connectivity index (χ0n) is 10.7. The highest BCUT2D eigenvalue weighted by Crippen LogP contribution is 2.32. The van der Waals surface area contributed by atoms with Gasteiger partial charge in [-0.15, -0.1) is 0 Å². The molecule has 21 heavy (non-hydrogen) atoms. The SMILES string of the molecule is N#Cc1cn([C@H]2O[C@@H](CO)[C@@H](O)[C@H]2O)c2nc[nH]c(=O)c12. The van der Waals surface area contributed by atoms with Gasteiger partial charge in [0.2, 0.25) is 0 Å². The number of fused-ring (bicyclic) bond motifs is 1. The molecule has 0 aromatic carbocycles. The second kappa shape index (κ2) is 4.94. The summed E-state index contributed by atoms with van der Waals surface area (Å²) in [4.78, 5) is 18.2. The minimum Gasteiger partial charge on any atom is -0.394 e. The molecule has 0 bridgehead atoms. The van der Waals surface area contributed by atoms with Crippen LogP contribution in [0.2, 0.25) is 0 Å². The monoisotopic (exact) mass is 292 g/mol. The highest BCUT2D eigenvalue weighted by atomic mass is 16.6. The van der Waals surface area contributed by atoms with Crippen LogP contribution in [0.15, 0.2) is 17.3 Å². The lowest BCUT2D eigenvalue weighted by molar-refractivity contribution is -0.0508. The Morgan fingerprint density at radius 2 is 2.24 bits per heavy atom. The number of ether oxygens (including phenoxy) is 1. The molecule has 1 fully saturated rings. The smallest absolute Gasteiger partial charge is 0.261 e. The van der Waals surface area contributed by atoms with Gasteiger partial charge in [-0.2, -0.15) is 5.26 Å². The quantitative estimate of drug-likeness (QED) is 0.511. The number of nitrogens with zero attached hydrogens (tertiary/aromatic N) is 3. The van der Waals surface area contributed by atoms with E-state index in [-0.39, 0.29) is 16.6 Å². The molecule has 1 aliphatic heterocycles. The van der Waals surface area contributed by atoms with E-state index in [4.69, 9.17) is 15.1 Å². The Kier molecular flexibility index (Phi) is 3.23. The van der Waals surface area contributed by atoms with Crippen molar-refractivity contribution in [1.29, 1.82) is 5.26 Å². The van der Waals surface area contributed by atoms with Gasteiger partial charge in [-0.05, 0) is 0 Å². The van der Waals surface area contributed by atoms with Gasteiger partial charge in [-0.25, -0.2) is 4.98 Å². The molecule has 9 heteroatoms. The van der Waals surface area contributed by atoms with Gasteiger partial charge in [0.1, 0.15) is 29.8 Å². The molecular weight excluding hydrogens is 280 g/mol. The van der Waals surface area contributed by atoms with Crippen molar-refractivity contribution < 1.29 is 20.1 Å². The van der Waals surface area contributed by atoms with Gasteiger partial charge in [-0.3, -0.25) is 4.79 Å². The van der Waals surface area contributed by atoms with Gasteiger partial charge in [0.15, 0.2) is 11.9 Å². The molecule has 0 aliphatic carbocycles. The second-order valence-electron chi connectivity index (χ2n) is 4.72. The number of hydrogen-bond acceptors (Lipinski definition) is 7. The van der Waals surface area contributed by atoms with Crippen molar-refractivity contribution in [2.24, 2.45) is 0 Å². The van der Waals surface area contributed by atoms with Gasteiger partial charge >= 0.3 is 0 Å². The summed E-state index contributed by atoms with van der Waals surface area (Å²) in [6.07, 6.45) is -2.09. The van der Waals surface area contributed by atoms with Crippen LogP contribution in [0.3, 0.4) is 0 Å². The molecule has 0 spiro atoms. The number of hydrogen-bond donors (Lipinski definition) is 4. The number of aromatic amines is 1. The fourth-order valence-corrected chi connectivity index (χ4v) is 2.48. The first-order valence-corrected chi connectivity index (χ1v) is 6.19. The number of rotatable bonds is 2. The number of nitriles is 1. The lowest BCUT2D eigenvalue weighted by atomic mass is 10.1. The first-order chi connectivity index (χ1) is 10.1. The van der Waals surface area contributed by atoms with E-state index in [2.05, 4.69) is 9.97 Å². The lowest BCUT2D eigenvalue weighted by Gasteiger charge is -2.16. The van der Waals surface area contributed by atoms with E-state index in [0.29, 0.717) is 0 Å². The van der Waals surface area contributed by atoms with Crippen molar-refractivity contribution in [3.8, 4) is 6.07 Å². The van der Waals surface area contributed by atoms with Crippen LogP contribution in [0.25, 0.3) is 11.0 Å². The summed E-state index contributed by atoms with van der Waals surface area (Å²) in [5.41, 5.74) is -0.246. The summed E-state index contributed by atoms with van der Waals surface area (Å²) in [5, 5.41) is 38.1. The summed E-state index contributed by atoms with van der Waals surface area (Å²) in [7, 11) is 0. The molecule has 2 aromatic rings. The average Bonchev–Trinajstić information content (AvgIpc) is 2.99. The lowest BCUT2D eigenvalue weighted by Crippen LogP contribution is -2.33. The molecule has 0 amide bonds. The molecule has 2 aromatic heterocycles. The molecule has 4 N–H and O–H groups in total. The Labute approximate surface area is 117 Å². The third-order valence-corrected chi connectivity index (χ3v) is 3.53. The number of nitrogens with one attached hydrogen (secondary N) is 1. The summed E-state index contributed by atoms with van der Waals surface area (Å²) in [6.45, 7) is -0.465. The average molecular weight is 292 g/mol. The zero-order valence-corrected chi connectivity index (χ0v) is 10.7. The molecule has 0 saturated carbocycles. The molecule has 3 heterocycles. The largest absolute Gasteiger partial charge is 0.394 e. The molecule has 3 rings (SSSR count). The molecule has 1 aliphatic rings. The van der Waals surface area contributed by atoms with Crippen molar-refractivity contribution in [3.63, 3.8) is 0 Å². The zero-order chi connectivity index (χ0) is 15.1. The van der Waals surface area contributed by atoms with E-state index >= 15 is 0 Å². The fraction of sp³-hybridized carbons (Fsp3) is 0.417. The van der Waals surface area contributed by atoms with Gasteiger partial charge in [-0.1, -0.05) is 0 Å². The third-order valence-electron chi connectivity index (χ3n) is 3.53. The highest BCUT2D eigenvalue weighted by Gasteiger charge is 2.44. The van der Waals surface area contributed by atoms with Crippen LogP contribution in [0, 0.1) is 11.3 Å². The van der Waals surface area contributed by atoms with E-state index in [9.17, 15) is 15.0 Å². The molecule has 4 atom stereocenters. The Morgan fingerprint density at radius 3 is 2.86 bits per heavy atom. The topological polar surface area (TPSA) is 144 Å². The normalized spacial score (nSPS) is 28.9. The number of aliphatic hydroxyl groups is 3. The summed E-state index contributed by atoms with van der Waals surface area (Å²) in [6, 6.07) is 1.88.